The van der Waals surface area contributed by atoms with Crippen molar-refractivity contribution < 1.29 is 66.8 Å². The molecule has 0 fully saturated rings. The van der Waals surface area contributed by atoms with Crippen LogP contribution in [-0.2, 0) is 0 Å². The fraction of sp³-hybridized carbons (Fsp3) is 0.319. The molecule has 4 aromatic carbocycles. The number of nitrogens with zero attached hydrogens (tertiary/aromatic N) is 5. The molecular weight excluding hydrogens is 889 g/mol. The first kappa shape index (κ1) is 43.2. The van der Waals surface area contributed by atoms with Gasteiger partial charge in [0.15, 0.2) is 0 Å². The molecule has 4 aliphatic rings. The lowest BCUT2D eigenvalue weighted by molar-refractivity contribution is -0.929. The van der Waals surface area contributed by atoms with Gasteiger partial charge < -0.3 is 28.5 Å². The van der Waals surface area contributed by atoms with Gasteiger partial charge in [-0.15, -0.1) is 0 Å². The smallest absolute Gasteiger partial charge is 0.261 e. The van der Waals surface area contributed by atoms with Gasteiger partial charge in [0.05, 0.1) is 70.7 Å². The van der Waals surface area contributed by atoms with Crippen LogP contribution in [0.2, 0.25) is 0 Å². The van der Waals surface area contributed by atoms with Crippen molar-refractivity contribution in [3.8, 4) is 0 Å². The zero-order valence-electron chi connectivity index (χ0n) is 33.7. The van der Waals surface area contributed by atoms with Crippen molar-refractivity contribution in [2.75, 3.05) is 52.4 Å². The number of fused-ring (bicyclic) bond motifs is 4. The molecule has 61 heavy (non-hydrogen) atoms. The van der Waals surface area contributed by atoms with Gasteiger partial charge in [0.1, 0.15) is 0 Å². The second-order valence-electron chi connectivity index (χ2n) is 15.9. The van der Waals surface area contributed by atoms with Gasteiger partial charge in [-0.3, -0.25) is 58.0 Å². The first-order chi connectivity index (χ1) is 29.1. The summed E-state index contributed by atoms with van der Waals surface area (Å²) in [5, 5.41) is 0. The number of benzene rings is 4. The largest absolute Gasteiger partial charge is 1.00 e. The van der Waals surface area contributed by atoms with Crippen LogP contribution in [0.25, 0.3) is 0 Å². The third-order valence-corrected chi connectivity index (χ3v) is 12.3. The van der Waals surface area contributed by atoms with Crippen molar-refractivity contribution in [3.63, 3.8) is 0 Å². The molecule has 0 saturated heterocycles. The second-order valence-corrected chi connectivity index (χ2v) is 15.9. The van der Waals surface area contributed by atoms with E-state index in [0.29, 0.717) is 120 Å². The summed E-state index contributed by atoms with van der Waals surface area (Å²) in [6, 6.07) is 27.2. The number of halogens is 1. The van der Waals surface area contributed by atoms with Gasteiger partial charge in [0.25, 0.3) is 47.3 Å². The summed E-state index contributed by atoms with van der Waals surface area (Å²) >= 11 is 0. The maximum Gasteiger partial charge on any atom is 0.261 e. The summed E-state index contributed by atoms with van der Waals surface area (Å²) in [5.74, 6) is -2.49. The molecule has 4 aromatic rings. The predicted octanol–water partition coefficient (Wildman–Crippen LogP) is 2.72. The van der Waals surface area contributed by atoms with E-state index in [1.165, 1.54) is 19.6 Å². The summed E-state index contributed by atoms with van der Waals surface area (Å²) in [7, 11) is 0. The van der Waals surface area contributed by atoms with Crippen molar-refractivity contribution in [1.29, 1.82) is 0 Å². The van der Waals surface area contributed by atoms with Gasteiger partial charge in [0, 0.05) is 32.6 Å². The summed E-state index contributed by atoms with van der Waals surface area (Å²) in [6.45, 7) is 3.48. The molecule has 14 heteroatoms. The third kappa shape index (κ3) is 8.30. The molecule has 0 spiro atoms. The van der Waals surface area contributed by atoms with Crippen LogP contribution in [0.15, 0.2) is 97.1 Å². The molecule has 0 N–H and O–H groups in total. The fourth-order valence-corrected chi connectivity index (χ4v) is 9.16. The van der Waals surface area contributed by atoms with Crippen LogP contribution in [0.4, 0.5) is 0 Å². The van der Waals surface area contributed by atoms with Crippen molar-refractivity contribution in [3.05, 3.63) is 142 Å². The van der Waals surface area contributed by atoms with E-state index in [2.05, 4.69) is 0 Å². The van der Waals surface area contributed by atoms with Crippen LogP contribution in [0, 0.1) is 0 Å². The number of unbranched alkanes of at least 4 members (excludes halogenated alkanes) is 3. The highest BCUT2D eigenvalue weighted by Gasteiger charge is 2.39. The summed E-state index contributed by atoms with van der Waals surface area (Å²) in [5.41, 5.74) is 3.17. The van der Waals surface area contributed by atoms with Crippen molar-refractivity contribution in [1.82, 2.24) is 19.6 Å². The first-order valence-corrected chi connectivity index (χ1v) is 20.8. The van der Waals surface area contributed by atoms with E-state index in [4.69, 9.17) is 0 Å². The van der Waals surface area contributed by atoms with E-state index in [9.17, 15) is 38.4 Å². The van der Waals surface area contributed by atoms with E-state index < -0.39 is 0 Å². The van der Waals surface area contributed by atoms with Crippen molar-refractivity contribution >= 4 is 47.3 Å². The molecule has 8 amide bonds. The quantitative estimate of drug-likeness (QED) is 0.0604. The topological polar surface area (TPSA) is 150 Å². The Labute approximate surface area is 370 Å². The molecule has 0 aliphatic carbocycles. The number of carbonyl (C=O) groups excluding carboxylic acids is 8. The molecule has 13 nitrogen and oxygen atoms in total. The number of hydrogen-bond acceptors (Lipinski definition) is 8. The van der Waals surface area contributed by atoms with E-state index >= 15 is 0 Å². The monoisotopic (exact) mass is 935 g/mol. The molecule has 0 bridgehead atoms. The highest BCUT2D eigenvalue weighted by Crippen LogP contribution is 2.28. The lowest BCUT2D eigenvalue weighted by Crippen LogP contribution is -3.00. The molecule has 0 saturated carbocycles. The van der Waals surface area contributed by atoms with Gasteiger partial charge in [-0.25, -0.2) is 0 Å². The normalized spacial score (nSPS) is 15.5. The highest BCUT2D eigenvalue weighted by atomic mass is 127. The van der Waals surface area contributed by atoms with Crippen molar-refractivity contribution in [2.45, 2.75) is 44.9 Å². The minimum atomic E-state index is -0.323. The van der Waals surface area contributed by atoms with Crippen LogP contribution in [0.3, 0.4) is 0 Å². The molecule has 0 unspecified atom stereocenters. The number of amides is 8. The Morgan fingerprint density at radius 1 is 0.279 bits per heavy atom. The average Bonchev–Trinajstić information content (AvgIpc) is 3.86. The average molecular weight is 936 g/mol. The molecule has 0 aromatic heterocycles. The minimum Gasteiger partial charge on any atom is -1.00 e. The lowest BCUT2D eigenvalue weighted by atomic mass is 10.1. The standard InChI is InChI=1S/C47H46N5O8.HI/c53-40-32-16-1-2-17-33(32)41(54)48(40)24-9-12-28-52(31-15-27-51-46(59)38-22-7-8-23-39(38)47(51)60,29-13-10-25-49-42(55)34-18-3-4-19-35(34)43(49)56)30-14-11-26-50-44(57)36-20-5-6-21-37(36)45(50)58;/h1-8,16-23H,9-15,24-31H2;1H/q+1;/p-1. The number of quaternary nitrogens is 1. The van der Waals surface area contributed by atoms with Crippen LogP contribution < -0.4 is 24.0 Å². The van der Waals surface area contributed by atoms with Gasteiger partial charge in [-0.05, 0) is 87.1 Å². The van der Waals surface area contributed by atoms with Crippen LogP contribution in [0.1, 0.15) is 128 Å². The zero-order valence-corrected chi connectivity index (χ0v) is 35.9. The van der Waals surface area contributed by atoms with Gasteiger partial charge in [0.2, 0.25) is 0 Å². The van der Waals surface area contributed by atoms with Crippen LogP contribution >= 0.6 is 0 Å². The number of hydrogen-bond donors (Lipinski definition) is 0. The van der Waals surface area contributed by atoms with Crippen molar-refractivity contribution in [2.24, 2.45) is 0 Å². The maximum atomic E-state index is 13.3. The molecule has 4 heterocycles. The molecular formula is C47H46IN5O8. The summed E-state index contributed by atoms with van der Waals surface area (Å²) in [4.78, 5) is 111. The lowest BCUT2D eigenvalue weighted by Gasteiger charge is -2.40. The number of carbonyl (C=O) groups is 8. The van der Waals surface area contributed by atoms with E-state index in [0.717, 1.165) is 0 Å². The Bertz CT molecular complexity index is 2110. The Hall–Kier alpha value is -5.87. The highest BCUT2D eigenvalue weighted by molar-refractivity contribution is 6.23. The van der Waals surface area contributed by atoms with Gasteiger partial charge in [-0.2, -0.15) is 0 Å². The number of imide groups is 4. The maximum absolute atomic E-state index is 13.3. The predicted molar refractivity (Wildman–Crippen MR) is 219 cm³/mol. The van der Waals surface area contributed by atoms with E-state index in [1.807, 2.05) is 0 Å². The van der Waals surface area contributed by atoms with Crippen LogP contribution in [0.5, 0.6) is 0 Å². The molecule has 314 valence electrons. The first-order valence-electron chi connectivity index (χ1n) is 20.8. The summed E-state index contributed by atoms with van der Waals surface area (Å²) in [6.07, 6.45) is 4.10. The molecule has 0 atom stereocenters. The zero-order chi connectivity index (χ0) is 42.0. The van der Waals surface area contributed by atoms with E-state index in [-0.39, 0.29) is 97.4 Å². The van der Waals surface area contributed by atoms with E-state index in [1.54, 1.807) is 97.1 Å². The Kier molecular flexibility index (Phi) is 13.0. The molecule has 0 radical (unpaired) electrons. The number of rotatable bonds is 19. The molecule has 8 rings (SSSR count). The molecule has 4 aliphatic heterocycles. The Morgan fingerprint density at radius 2 is 0.459 bits per heavy atom. The SMILES string of the molecule is O=C1c2ccccc2C(=O)N1CCCC[N+](CCCCN1C(=O)c2ccccc2C1=O)(CCCCN1C(=O)c2ccccc2C1=O)CCCN1C(=O)c2ccccc2C1=O.[I-]. The fourth-order valence-electron chi connectivity index (χ4n) is 9.16. The van der Waals surface area contributed by atoms with Gasteiger partial charge >= 0.3 is 0 Å². The summed E-state index contributed by atoms with van der Waals surface area (Å²) < 4.78 is 0.551. The Morgan fingerprint density at radius 3 is 0.672 bits per heavy atom. The minimum absolute atomic E-state index is 0. The second kappa shape index (κ2) is 18.4. The Balaban J connectivity index is 0.00000561. The third-order valence-electron chi connectivity index (χ3n) is 12.3. The van der Waals surface area contributed by atoms with Crippen LogP contribution in [-0.4, -0.2) is 124 Å². The van der Waals surface area contributed by atoms with Gasteiger partial charge in [-0.1, -0.05) is 48.5 Å².